The Labute approximate surface area is 101 Å². The summed E-state index contributed by atoms with van der Waals surface area (Å²) >= 11 is 0. The van der Waals surface area contributed by atoms with E-state index in [0.29, 0.717) is 0 Å². The molecule has 2 N–H and O–H groups in total. The van der Waals surface area contributed by atoms with Crippen molar-refractivity contribution in [2.75, 3.05) is 13.7 Å². The third-order valence-corrected chi connectivity index (χ3v) is 2.30. The number of aromatic nitrogens is 1. The van der Waals surface area contributed by atoms with E-state index in [9.17, 15) is 9.90 Å². The van der Waals surface area contributed by atoms with Crippen LogP contribution < -0.4 is 0 Å². The summed E-state index contributed by atoms with van der Waals surface area (Å²) in [6, 6.07) is 3.22. The summed E-state index contributed by atoms with van der Waals surface area (Å²) in [6.07, 6.45) is 1.30. The van der Waals surface area contributed by atoms with Gasteiger partial charge in [0.05, 0.1) is 12.6 Å². The number of aliphatic hydroxyl groups excluding tert-OH is 1. The number of hydrogen-bond donors (Lipinski definition) is 2. The standard InChI is InChI=1S/C12H20N2O3/c1-12(2,3)17-11(16)14(4)10(8-15)9-6-5-7-13-9/h5-7,10,13,15H,8H2,1-4H3. The normalized spacial score (nSPS) is 13.2. The molecule has 0 bridgehead atoms. The third-order valence-electron chi connectivity index (χ3n) is 2.30. The van der Waals surface area contributed by atoms with Gasteiger partial charge in [0.1, 0.15) is 5.60 Å². The molecule has 1 amide bonds. The van der Waals surface area contributed by atoms with Crippen LogP contribution in [0, 0.1) is 0 Å². The molecule has 0 aromatic carbocycles. The van der Waals surface area contributed by atoms with Crippen molar-refractivity contribution < 1.29 is 14.6 Å². The molecule has 17 heavy (non-hydrogen) atoms. The lowest BCUT2D eigenvalue weighted by atomic mass is 10.2. The van der Waals surface area contributed by atoms with Crippen molar-refractivity contribution in [3.63, 3.8) is 0 Å². The average molecular weight is 240 g/mol. The first-order valence-corrected chi connectivity index (χ1v) is 5.55. The molecule has 1 aromatic heterocycles. The molecule has 1 rings (SSSR count). The summed E-state index contributed by atoms with van der Waals surface area (Å²) in [7, 11) is 1.61. The summed E-state index contributed by atoms with van der Waals surface area (Å²) in [5.74, 6) is 0. The lowest BCUT2D eigenvalue weighted by Gasteiger charge is -2.29. The van der Waals surface area contributed by atoms with E-state index in [1.165, 1.54) is 4.90 Å². The van der Waals surface area contributed by atoms with Crippen LogP contribution in [0.3, 0.4) is 0 Å². The zero-order chi connectivity index (χ0) is 13.1. The number of H-pyrrole nitrogens is 1. The molecule has 0 saturated heterocycles. The van der Waals surface area contributed by atoms with Gasteiger partial charge in [0.15, 0.2) is 0 Å². The van der Waals surface area contributed by atoms with E-state index in [2.05, 4.69) is 4.98 Å². The minimum absolute atomic E-state index is 0.156. The summed E-state index contributed by atoms with van der Waals surface area (Å²) in [5, 5.41) is 9.35. The van der Waals surface area contributed by atoms with Crippen LogP contribution in [-0.2, 0) is 4.74 Å². The van der Waals surface area contributed by atoms with E-state index in [4.69, 9.17) is 4.74 Å². The van der Waals surface area contributed by atoms with Crippen LogP contribution in [0.15, 0.2) is 18.3 Å². The smallest absolute Gasteiger partial charge is 0.410 e. The first-order valence-electron chi connectivity index (χ1n) is 5.55. The molecular formula is C12H20N2O3. The second kappa shape index (κ2) is 5.23. The van der Waals surface area contributed by atoms with Crippen LogP contribution in [0.2, 0.25) is 0 Å². The highest BCUT2D eigenvalue weighted by molar-refractivity contribution is 5.68. The van der Waals surface area contributed by atoms with Crippen LogP contribution in [-0.4, -0.2) is 40.3 Å². The van der Waals surface area contributed by atoms with Crippen LogP contribution >= 0.6 is 0 Å². The van der Waals surface area contributed by atoms with Crippen LogP contribution in [0.5, 0.6) is 0 Å². The highest BCUT2D eigenvalue weighted by atomic mass is 16.6. The number of aliphatic hydroxyl groups is 1. The van der Waals surface area contributed by atoms with Crippen molar-refractivity contribution in [2.45, 2.75) is 32.4 Å². The maximum atomic E-state index is 11.8. The van der Waals surface area contributed by atoms with Gasteiger partial charge in [-0.05, 0) is 32.9 Å². The van der Waals surface area contributed by atoms with Crippen LogP contribution in [0.1, 0.15) is 32.5 Å². The van der Waals surface area contributed by atoms with Crippen LogP contribution in [0.4, 0.5) is 4.79 Å². The van der Waals surface area contributed by atoms with Gasteiger partial charge in [0.2, 0.25) is 0 Å². The van der Waals surface area contributed by atoms with Gasteiger partial charge in [-0.2, -0.15) is 0 Å². The molecule has 0 spiro atoms. The number of rotatable bonds is 3. The fourth-order valence-corrected chi connectivity index (χ4v) is 1.44. The predicted molar refractivity (Wildman–Crippen MR) is 64.6 cm³/mol. The van der Waals surface area contributed by atoms with Crippen LogP contribution in [0.25, 0.3) is 0 Å². The first-order chi connectivity index (χ1) is 7.85. The largest absolute Gasteiger partial charge is 0.444 e. The summed E-state index contributed by atoms with van der Waals surface area (Å²) in [6.45, 7) is 5.26. The monoisotopic (exact) mass is 240 g/mol. The molecule has 0 aliphatic rings. The number of likely N-dealkylation sites (N-methyl/N-ethyl adjacent to an activating group) is 1. The highest BCUT2D eigenvalue weighted by Crippen LogP contribution is 2.19. The first kappa shape index (κ1) is 13.6. The van der Waals surface area contributed by atoms with E-state index in [1.54, 1.807) is 34.0 Å². The van der Waals surface area contributed by atoms with Crippen molar-refractivity contribution in [3.8, 4) is 0 Å². The molecule has 96 valence electrons. The van der Waals surface area contributed by atoms with E-state index in [-0.39, 0.29) is 6.61 Å². The predicted octanol–water partition coefficient (Wildman–Crippen LogP) is 1.91. The van der Waals surface area contributed by atoms with Crippen molar-refractivity contribution >= 4 is 6.09 Å². The highest BCUT2D eigenvalue weighted by Gasteiger charge is 2.26. The van der Waals surface area contributed by atoms with Gasteiger partial charge in [-0.1, -0.05) is 0 Å². The lowest BCUT2D eigenvalue weighted by Crippen LogP contribution is -2.38. The number of amides is 1. The molecule has 0 aliphatic carbocycles. The molecule has 0 saturated carbocycles. The Morgan fingerprint density at radius 2 is 2.24 bits per heavy atom. The summed E-state index contributed by atoms with van der Waals surface area (Å²) < 4.78 is 5.24. The quantitative estimate of drug-likeness (QED) is 0.848. The van der Waals surface area contributed by atoms with E-state index < -0.39 is 17.7 Å². The van der Waals surface area contributed by atoms with Gasteiger partial charge < -0.3 is 19.7 Å². The Hall–Kier alpha value is -1.49. The van der Waals surface area contributed by atoms with E-state index in [0.717, 1.165) is 5.69 Å². The molecular weight excluding hydrogens is 220 g/mol. The summed E-state index contributed by atoms with van der Waals surface area (Å²) in [5.41, 5.74) is 0.238. The number of nitrogens with one attached hydrogen (secondary N) is 1. The molecule has 0 fully saturated rings. The average Bonchev–Trinajstić information content (AvgIpc) is 2.69. The molecule has 1 unspecified atom stereocenters. The van der Waals surface area contributed by atoms with Gasteiger partial charge >= 0.3 is 6.09 Å². The van der Waals surface area contributed by atoms with E-state index in [1.807, 2.05) is 12.1 Å². The maximum Gasteiger partial charge on any atom is 0.410 e. The number of nitrogens with zero attached hydrogens (tertiary/aromatic N) is 1. The third kappa shape index (κ3) is 3.78. The second-order valence-corrected chi connectivity index (χ2v) is 4.92. The SMILES string of the molecule is CN(C(=O)OC(C)(C)C)C(CO)c1ccc[nH]1. The van der Waals surface area contributed by atoms with Crippen molar-refractivity contribution in [3.05, 3.63) is 24.0 Å². The Morgan fingerprint density at radius 1 is 1.59 bits per heavy atom. The fraction of sp³-hybridized carbons (Fsp3) is 0.583. The Balaban J connectivity index is 2.73. The molecule has 0 aliphatic heterocycles. The maximum absolute atomic E-state index is 11.8. The van der Waals surface area contributed by atoms with Gasteiger partial charge in [0, 0.05) is 18.9 Å². The minimum Gasteiger partial charge on any atom is -0.444 e. The fourth-order valence-electron chi connectivity index (χ4n) is 1.44. The number of hydrogen-bond acceptors (Lipinski definition) is 3. The zero-order valence-corrected chi connectivity index (χ0v) is 10.7. The molecule has 1 heterocycles. The van der Waals surface area contributed by atoms with Gasteiger partial charge in [-0.3, -0.25) is 0 Å². The minimum atomic E-state index is -0.541. The van der Waals surface area contributed by atoms with Crippen molar-refractivity contribution in [2.24, 2.45) is 0 Å². The molecule has 5 nitrogen and oxygen atoms in total. The zero-order valence-electron chi connectivity index (χ0n) is 10.7. The van der Waals surface area contributed by atoms with E-state index >= 15 is 0 Å². The number of aromatic amines is 1. The molecule has 5 heteroatoms. The second-order valence-electron chi connectivity index (χ2n) is 4.92. The topological polar surface area (TPSA) is 65.6 Å². The lowest BCUT2D eigenvalue weighted by molar-refractivity contribution is 0.0155. The number of carbonyl (C=O) groups excluding carboxylic acids is 1. The number of ether oxygens (including phenoxy) is 1. The van der Waals surface area contributed by atoms with Crippen molar-refractivity contribution in [1.29, 1.82) is 0 Å². The Bertz CT molecular complexity index is 354. The number of carbonyl (C=O) groups is 1. The van der Waals surface area contributed by atoms with Gasteiger partial charge in [-0.15, -0.1) is 0 Å². The molecule has 1 aromatic rings. The Kier molecular flexibility index (Phi) is 4.17. The van der Waals surface area contributed by atoms with Gasteiger partial charge in [0.25, 0.3) is 0 Å². The van der Waals surface area contributed by atoms with Crippen molar-refractivity contribution in [1.82, 2.24) is 9.88 Å². The molecule has 0 radical (unpaired) electrons. The summed E-state index contributed by atoms with van der Waals surface area (Å²) in [4.78, 5) is 16.2. The molecule has 1 atom stereocenters. The Morgan fingerprint density at radius 3 is 2.65 bits per heavy atom. The van der Waals surface area contributed by atoms with Gasteiger partial charge in [-0.25, -0.2) is 4.79 Å².